The number of hydrogen-bond donors (Lipinski definition) is 0. The second-order valence-corrected chi connectivity index (χ2v) is 6.74. The molecule has 2 bridgehead atoms. The number of nitrogens with zero attached hydrogens (tertiary/aromatic N) is 1. The Morgan fingerprint density at radius 3 is 1.88 bits per heavy atom. The zero-order valence-corrected chi connectivity index (χ0v) is 14.3. The Morgan fingerprint density at radius 1 is 0.917 bits per heavy atom. The molecule has 2 heterocycles. The molecular weight excluding hydrogens is 306 g/mol. The highest BCUT2D eigenvalue weighted by atomic mass is 16.6. The van der Waals surface area contributed by atoms with Crippen molar-refractivity contribution in [2.45, 2.75) is 70.4 Å². The molecule has 0 aromatic heterocycles. The van der Waals surface area contributed by atoms with Gasteiger partial charge in [-0.1, -0.05) is 30.3 Å². The summed E-state index contributed by atoms with van der Waals surface area (Å²) in [6.45, 7) is 3.72. The average molecular weight is 331 g/mol. The maximum atomic E-state index is 11.4. The summed E-state index contributed by atoms with van der Waals surface area (Å²) in [5.41, 5.74) is 1.22. The second kappa shape index (κ2) is 7.34. The van der Waals surface area contributed by atoms with Gasteiger partial charge in [0, 0.05) is 32.5 Å². The van der Waals surface area contributed by atoms with Crippen LogP contribution in [0.1, 0.15) is 45.1 Å². The van der Waals surface area contributed by atoms with Gasteiger partial charge in [0.2, 0.25) is 0 Å². The van der Waals surface area contributed by atoms with Crippen molar-refractivity contribution in [1.29, 1.82) is 0 Å². The largest absolute Gasteiger partial charge is 0.461 e. The van der Waals surface area contributed by atoms with Gasteiger partial charge >= 0.3 is 11.9 Å². The van der Waals surface area contributed by atoms with Gasteiger partial charge in [-0.25, -0.2) is 0 Å². The molecule has 2 saturated heterocycles. The molecule has 0 N–H and O–H groups in total. The molecule has 24 heavy (non-hydrogen) atoms. The fourth-order valence-corrected chi connectivity index (χ4v) is 4.16. The predicted molar refractivity (Wildman–Crippen MR) is 89.1 cm³/mol. The third-order valence-corrected chi connectivity index (χ3v) is 5.05. The Hall–Kier alpha value is -1.88. The molecule has 0 spiro atoms. The van der Waals surface area contributed by atoms with Crippen LogP contribution in [0.4, 0.5) is 0 Å². The van der Waals surface area contributed by atoms with Gasteiger partial charge in [0.1, 0.15) is 12.2 Å². The Labute approximate surface area is 142 Å². The van der Waals surface area contributed by atoms with Crippen LogP contribution < -0.4 is 0 Å². The smallest absolute Gasteiger partial charge is 0.302 e. The Morgan fingerprint density at radius 2 is 1.42 bits per heavy atom. The van der Waals surface area contributed by atoms with Crippen molar-refractivity contribution >= 4 is 11.9 Å². The SMILES string of the molecule is CC(=O)OC1CCC2C(OC(C)=O)CCC1N2Cc1ccccc1. The highest BCUT2D eigenvalue weighted by Crippen LogP contribution is 2.38. The Bertz CT molecular complexity index is 556. The number of ether oxygens (including phenoxy) is 2. The second-order valence-electron chi connectivity index (χ2n) is 6.74. The van der Waals surface area contributed by atoms with Gasteiger partial charge in [-0.3, -0.25) is 14.5 Å². The standard InChI is InChI=1S/C19H25NO4/c1-13(21)23-18-10-8-17-19(24-14(2)22)11-9-16(18)20(17)12-15-6-4-3-5-7-15/h3-7,16-19H,8-12H2,1-2H3. The summed E-state index contributed by atoms with van der Waals surface area (Å²) in [4.78, 5) is 25.3. The first-order valence-corrected chi connectivity index (χ1v) is 8.68. The molecule has 2 fully saturated rings. The van der Waals surface area contributed by atoms with Crippen LogP contribution in [0.3, 0.4) is 0 Å². The Kier molecular flexibility index (Phi) is 5.19. The minimum atomic E-state index is -0.222. The summed E-state index contributed by atoms with van der Waals surface area (Å²) in [7, 11) is 0. The first-order chi connectivity index (χ1) is 11.5. The number of hydrogen-bond acceptors (Lipinski definition) is 5. The minimum Gasteiger partial charge on any atom is -0.461 e. The van der Waals surface area contributed by atoms with Gasteiger partial charge in [0.15, 0.2) is 0 Å². The number of piperidine rings is 2. The van der Waals surface area contributed by atoms with E-state index in [1.165, 1.54) is 19.4 Å². The van der Waals surface area contributed by atoms with E-state index < -0.39 is 0 Å². The topological polar surface area (TPSA) is 55.8 Å². The van der Waals surface area contributed by atoms with E-state index in [2.05, 4.69) is 17.0 Å². The van der Waals surface area contributed by atoms with Crippen molar-refractivity contribution in [2.24, 2.45) is 0 Å². The fraction of sp³-hybridized carbons (Fsp3) is 0.579. The van der Waals surface area contributed by atoms with Crippen LogP contribution in [0, 0.1) is 0 Å². The molecule has 3 rings (SSSR count). The van der Waals surface area contributed by atoms with E-state index in [0.29, 0.717) is 0 Å². The minimum absolute atomic E-state index is 0.0688. The van der Waals surface area contributed by atoms with Crippen LogP contribution in [0.5, 0.6) is 0 Å². The lowest BCUT2D eigenvalue weighted by atomic mass is 9.80. The quantitative estimate of drug-likeness (QED) is 0.794. The summed E-state index contributed by atoms with van der Waals surface area (Å²) >= 11 is 0. The predicted octanol–water partition coefficient (Wildman–Crippen LogP) is 2.68. The van der Waals surface area contributed by atoms with Crippen molar-refractivity contribution < 1.29 is 19.1 Å². The van der Waals surface area contributed by atoms with Crippen molar-refractivity contribution in [2.75, 3.05) is 0 Å². The maximum Gasteiger partial charge on any atom is 0.302 e. The van der Waals surface area contributed by atoms with Crippen LogP contribution in [0.15, 0.2) is 30.3 Å². The van der Waals surface area contributed by atoms with Gasteiger partial charge in [0.05, 0.1) is 0 Å². The van der Waals surface area contributed by atoms with Crippen molar-refractivity contribution in [3.63, 3.8) is 0 Å². The highest BCUT2D eigenvalue weighted by molar-refractivity contribution is 5.66. The molecule has 5 nitrogen and oxygen atoms in total. The maximum absolute atomic E-state index is 11.4. The lowest BCUT2D eigenvalue weighted by Gasteiger charge is -2.51. The zero-order chi connectivity index (χ0) is 17.1. The number of carbonyl (C=O) groups excluding carboxylic acids is 2. The first-order valence-electron chi connectivity index (χ1n) is 8.68. The molecule has 1 aromatic rings. The van der Waals surface area contributed by atoms with E-state index >= 15 is 0 Å². The normalized spacial score (nSPS) is 29.8. The van der Waals surface area contributed by atoms with E-state index in [-0.39, 0.29) is 36.2 Å². The van der Waals surface area contributed by atoms with E-state index in [4.69, 9.17) is 9.47 Å². The van der Waals surface area contributed by atoms with Crippen LogP contribution in [0.25, 0.3) is 0 Å². The van der Waals surface area contributed by atoms with Crippen LogP contribution >= 0.6 is 0 Å². The molecule has 130 valence electrons. The number of esters is 2. The average Bonchev–Trinajstić information content (AvgIpc) is 2.52. The number of carbonyl (C=O) groups is 2. The summed E-state index contributed by atoms with van der Waals surface area (Å²) < 4.78 is 11.1. The van der Waals surface area contributed by atoms with Gasteiger partial charge in [-0.2, -0.15) is 0 Å². The molecular formula is C19H25NO4. The molecule has 1 aromatic carbocycles. The van der Waals surface area contributed by atoms with E-state index in [0.717, 1.165) is 32.2 Å². The van der Waals surface area contributed by atoms with E-state index in [1.807, 2.05) is 18.2 Å². The van der Waals surface area contributed by atoms with Crippen LogP contribution in [-0.4, -0.2) is 41.1 Å². The first kappa shape index (κ1) is 17.0. The molecule has 0 radical (unpaired) electrons. The molecule has 0 aliphatic carbocycles. The summed E-state index contributed by atoms with van der Waals surface area (Å²) in [6.07, 6.45) is 3.27. The van der Waals surface area contributed by atoms with E-state index in [9.17, 15) is 9.59 Å². The number of benzene rings is 1. The van der Waals surface area contributed by atoms with E-state index in [1.54, 1.807) is 0 Å². The summed E-state index contributed by atoms with van der Waals surface area (Å²) in [5, 5.41) is 0. The van der Waals surface area contributed by atoms with Crippen molar-refractivity contribution in [1.82, 2.24) is 4.90 Å². The van der Waals surface area contributed by atoms with Crippen molar-refractivity contribution in [3.8, 4) is 0 Å². The summed E-state index contributed by atoms with van der Waals surface area (Å²) in [6, 6.07) is 10.7. The monoisotopic (exact) mass is 331 g/mol. The van der Waals surface area contributed by atoms with Crippen LogP contribution in [0.2, 0.25) is 0 Å². The lowest BCUT2D eigenvalue weighted by Crippen LogP contribution is -2.61. The number of rotatable bonds is 4. The molecule has 0 saturated carbocycles. The van der Waals surface area contributed by atoms with Gasteiger partial charge in [-0.05, 0) is 31.2 Å². The molecule has 4 atom stereocenters. The summed E-state index contributed by atoms with van der Waals surface area (Å²) in [5.74, 6) is -0.444. The Balaban J connectivity index is 1.81. The third kappa shape index (κ3) is 3.78. The molecule has 4 unspecified atom stereocenters. The molecule has 2 aliphatic rings. The fourth-order valence-electron chi connectivity index (χ4n) is 4.16. The third-order valence-electron chi connectivity index (χ3n) is 5.05. The molecule has 2 aliphatic heterocycles. The van der Waals surface area contributed by atoms with Crippen molar-refractivity contribution in [3.05, 3.63) is 35.9 Å². The zero-order valence-electron chi connectivity index (χ0n) is 14.3. The highest BCUT2D eigenvalue weighted by Gasteiger charge is 2.46. The number of fused-ring (bicyclic) bond motifs is 2. The van der Waals surface area contributed by atoms with Crippen LogP contribution in [-0.2, 0) is 25.6 Å². The molecule has 5 heteroatoms. The van der Waals surface area contributed by atoms with Gasteiger partial charge in [0.25, 0.3) is 0 Å². The van der Waals surface area contributed by atoms with Gasteiger partial charge in [-0.15, -0.1) is 0 Å². The molecule has 0 amide bonds. The van der Waals surface area contributed by atoms with Gasteiger partial charge < -0.3 is 9.47 Å². The lowest BCUT2D eigenvalue weighted by molar-refractivity contribution is -0.172.